The quantitative estimate of drug-likeness (QED) is 0.613. The van der Waals surface area contributed by atoms with Gasteiger partial charge < -0.3 is 20.3 Å². The van der Waals surface area contributed by atoms with Crippen molar-refractivity contribution in [3.63, 3.8) is 0 Å². The summed E-state index contributed by atoms with van der Waals surface area (Å²) in [6.07, 6.45) is 1.11. The Kier molecular flexibility index (Phi) is 4.42. The number of fused-ring (bicyclic) bond motifs is 1. The van der Waals surface area contributed by atoms with Gasteiger partial charge in [-0.1, -0.05) is 0 Å². The average molecular weight is 359 g/mol. The molecule has 0 radical (unpaired) electrons. The number of nitro benzene ring substituents is 1. The third-order valence-electron chi connectivity index (χ3n) is 4.87. The summed E-state index contributed by atoms with van der Waals surface area (Å²) in [6, 6.07) is 4.50. The van der Waals surface area contributed by atoms with Crippen LogP contribution >= 0.6 is 0 Å². The molecule has 1 aromatic carbocycles. The van der Waals surface area contributed by atoms with Crippen LogP contribution in [0.2, 0.25) is 0 Å². The molecule has 3 rings (SSSR count). The van der Waals surface area contributed by atoms with Crippen LogP contribution in [0.3, 0.4) is 0 Å². The van der Waals surface area contributed by atoms with Crippen LogP contribution in [0, 0.1) is 27.4 Å². The summed E-state index contributed by atoms with van der Waals surface area (Å²) in [7, 11) is 1.26. The fourth-order valence-electron chi connectivity index (χ4n) is 3.71. The molecule has 0 aromatic heterocycles. The van der Waals surface area contributed by atoms with Gasteiger partial charge in [-0.05, 0) is 24.5 Å². The van der Waals surface area contributed by atoms with Crippen molar-refractivity contribution >= 4 is 11.5 Å². The number of benzene rings is 1. The highest BCUT2D eigenvalue weighted by atomic mass is 16.6. The van der Waals surface area contributed by atoms with Crippen LogP contribution in [0.5, 0.6) is 11.5 Å². The number of Topliss-reactive ketones (excluding diaryl/α,β-unsaturated/α-hetero) is 1. The molecule has 1 fully saturated rings. The van der Waals surface area contributed by atoms with Gasteiger partial charge >= 0.3 is 5.69 Å². The van der Waals surface area contributed by atoms with Crippen molar-refractivity contribution in [1.29, 1.82) is 5.26 Å². The molecule has 26 heavy (non-hydrogen) atoms. The first-order valence-electron chi connectivity index (χ1n) is 8.03. The van der Waals surface area contributed by atoms with E-state index in [1.165, 1.54) is 13.2 Å². The van der Waals surface area contributed by atoms with Crippen molar-refractivity contribution in [2.24, 2.45) is 11.7 Å². The average Bonchev–Trinajstić information content (AvgIpc) is 2.60. The third-order valence-corrected chi connectivity index (χ3v) is 4.87. The maximum Gasteiger partial charge on any atom is 0.314 e. The minimum Gasteiger partial charge on any atom is -0.500 e. The number of phenolic OH excluding ortho intramolecular Hbond substituents is 1. The SMILES string of the molecule is COc1cc([C@@H]2C(C#N)=C(N)O[C@@H]3CCCC(=O)[C@H]32)cc([N+](=O)[O-])c1O. The standard InChI is InChI=1S/C17H17N3O6/c1-25-13-6-8(5-10(16(13)22)20(23)24)14-9(7-18)17(19)26-12-4-2-3-11(21)15(12)14/h5-6,12,14-15,22H,2-4,19H2,1H3/t12-,14-,15-/m1/s1. The van der Waals surface area contributed by atoms with Crippen LogP contribution in [0.4, 0.5) is 5.69 Å². The molecule has 2 aliphatic rings. The summed E-state index contributed by atoms with van der Waals surface area (Å²) in [5.41, 5.74) is 5.66. The lowest BCUT2D eigenvalue weighted by Gasteiger charge is -2.40. The number of rotatable bonds is 3. The minimum atomic E-state index is -0.792. The fourth-order valence-corrected chi connectivity index (χ4v) is 3.71. The molecule has 0 amide bonds. The lowest BCUT2D eigenvalue weighted by Crippen LogP contribution is -2.43. The van der Waals surface area contributed by atoms with Gasteiger partial charge in [0.2, 0.25) is 5.75 Å². The van der Waals surface area contributed by atoms with Crippen molar-refractivity contribution in [2.45, 2.75) is 31.3 Å². The minimum absolute atomic E-state index is 0.0449. The highest BCUT2D eigenvalue weighted by Gasteiger charge is 2.46. The van der Waals surface area contributed by atoms with Gasteiger partial charge in [0.05, 0.1) is 23.5 Å². The Labute approximate surface area is 148 Å². The summed E-state index contributed by atoms with van der Waals surface area (Å²) >= 11 is 0. The first-order chi connectivity index (χ1) is 12.4. The van der Waals surface area contributed by atoms with Gasteiger partial charge in [0.1, 0.15) is 18.0 Å². The van der Waals surface area contributed by atoms with Crippen molar-refractivity contribution in [3.8, 4) is 17.6 Å². The molecule has 136 valence electrons. The van der Waals surface area contributed by atoms with E-state index >= 15 is 0 Å². The van der Waals surface area contributed by atoms with Gasteiger partial charge in [0.25, 0.3) is 0 Å². The maximum atomic E-state index is 12.6. The van der Waals surface area contributed by atoms with Crippen LogP contribution < -0.4 is 10.5 Å². The number of ether oxygens (including phenoxy) is 2. The van der Waals surface area contributed by atoms with Gasteiger partial charge in [-0.3, -0.25) is 14.9 Å². The molecule has 1 aromatic rings. The van der Waals surface area contributed by atoms with E-state index in [0.29, 0.717) is 24.8 Å². The molecule has 1 saturated carbocycles. The van der Waals surface area contributed by atoms with Crippen LogP contribution in [-0.2, 0) is 9.53 Å². The van der Waals surface area contributed by atoms with Crippen LogP contribution in [0.15, 0.2) is 23.6 Å². The second-order valence-electron chi connectivity index (χ2n) is 6.26. The summed E-state index contributed by atoms with van der Waals surface area (Å²) in [5.74, 6) is -2.35. The van der Waals surface area contributed by atoms with E-state index in [9.17, 15) is 25.3 Å². The maximum absolute atomic E-state index is 12.6. The Morgan fingerprint density at radius 2 is 2.23 bits per heavy atom. The summed E-state index contributed by atoms with van der Waals surface area (Å²) < 4.78 is 10.6. The van der Waals surface area contributed by atoms with E-state index < -0.39 is 34.3 Å². The van der Waals surface area contributed by atoms with Crippen molar-refractivity contribution in [3.05, 3.63) is 39.3 Å². The monoisotopic (exact) mass is 359 g/mol. The molecule has 3 atom stereocenters. The Hall–Kier alpha value is -3.28. The van der Waals surface area contributed by atoms with E-state index in [4.69, 9.17) is 15.2 Å². The van der Waals surface area contributed by atoms with Crippen molar-refractivity contribution in [1.82, 2.24) is 0 Å². The first-order valence-corrected chi connectivity index (χ1v) is 8.03. The van der Waals surface area contributed by atoms with E-state index in [1.54, 1.807) is 0 Å². The zero-order chi connectivity index (χ0) is 19.0. The number of hydrogen-bond donors (Lipinski definition) is 2. The smallest absolute Gasteiger partial charge is 0.314 e. The summed E-state index contributed by atoms with van der Waals surface area (Å²) in [5, 5.41) is 30.8. The number of carbonyl (C=O) groups is 1. The topological polar surface area (TPSA) is 149 Å². The molecule has 0 spiro atoms. The second-order valence-corrected chi connectivity index (χ2v) is 6.26. The molecule has 3 N–H and O–H groups in total. The number of phenols is 1. The Morgan fingerprint density at radius 1 is 1.50 bits per heavy atom. The molecule has 0 unspecified atom stereocenters. The fraction of sp³-hybridized carbons (Fsp3) is 0.412. The number of methoxy groups -OCH3 is 1. The van der Waals surface area contributed by atoms with E-state index in [-0.39, 0.29) is 23.0 Å². The molecular formula is C17H17N3O6. The van der Waals surface area contributed by atoms with E-state index in [2.05, 4.69) is 0 Å². The highest BCUT2D eigenvalue weighted by molar-refractivity contribution is 5.84. The number of nitriles is 1. The molecule has 9 heteroatoms. The van der Waals surface area contributed by atoms with Gasteiger partial charge in [0, 0.05) is 18.4 Å². The van der Waals surface area contributed by atoms with Crippen molar-refractivity contribution < 1.29 is 24.3 Å². The van der Waals surface area contributed by atoms with Gasteiger partial charge in [0.15, 0.2) is 11.6 Å². The third kappa shape index (κ3) is 2.69. The molecule has 1 aliphatic heterocycles. The molecule has 0 saturated heterocycles. The number of aromatic hydroxyl groups is 1. The number of nitrogens with zero attached hydrogens (tertiary/aromatic N) is 2. The van der Waals surface area contributed by atoms with Crippen LogP contribution in [0.1, 0.15) is 30.7 Å². The molecular weight excluding hydrogens is 342 g/mol. The number of allylic oxidation sites excluding steroid dienone is 1. The molecule has 0 bridgehead atoms. The highest BCUT2D eigenvalue weighted by Crippen LogP contribution is 2.48. The lowest BCUT2D eigenvalue weighted by molar-refractivity contribution is -0.386. The predicted octanol–water partition coefficient (Wildman–Crippen LogP) is 1.85. The second kappa shape index (κ2) is 6.55. The Balaban J connectivity index is 2.23. The zero-order valence-electron chi connectivity index (χ0n) is 14.0. The van der Waals surface area contributed by atoms with Crippen LogP contribution in [-0.4, -0.2) is 29.0 Å². The van der Waals surface area contributed by atoms with Gasteiger partial charge in [-0.15, -0.1) is 0 Å². The molecule has 1 aliphatic carbocycles. The van der Waals surface area contributed by atoms with Crippen LogP contribution in [0.25, 0.3) is 0 Å². The first kappa shape index (κ1) is 17.5. The normalized spacial score (nSPS) is 25.1. The summed E-state index contributed by atoms with van der Waals surface area (Å²) in [6.45, 7) is 0. The van der Waals surface area contributed by atoms with Gasteiger partial charge in [-0.25, -0.2) is 0 Å². The number of ketones is 1. The Bertz CT molecular complexity index is 857. The molecule has 1 heterocycles. The lowest BCUT2D eigenvalue weighted by atomic mass is 9.70. The van der Waals surface area contributed by atoms with Crippen molar-refractivity contribution in [2.75, 3.05) is 7.11 Å². The number of nitrogens with two attached hydrogens (primary N) is 1. The van der Waals surface area contributed by atoms with E-state index in [1.807, 2.05) is 6.07 Å². The summed E-state index contributed by atoms with van der Waals surface area (Å²) in [4.78, 5) is 23.1. The van der Waals surface area contributed by atoms with E-state index in [0.717, 1.165) is 6.07 Å². The van der Waals surface area contributed by atoms with Gasteiger partial charge in [-0.2, -0.15) is 5.26 Å². The zero-order valence-corrected chi connectivity index (χ0v) is 14.0. The number of nitro groups is 1. The Morgan fingerprint density at radius 3 is 2.85 bits per heavy atom. The number of hydrogen-bond acceptors (Lipinski definition) is 8. The predicted molar refractivity (Wildman–Crippen MR) is 88.1 cm³/mol. The largest absolute Gasteiger partial charge is 0.500 e. The molecule has 9 nitrogen and oxygen atoms in total. The number of carbonyl (C=O) groups excluding carboxylic acids is 1.